The SMILES string of the molecule is [B]c1ccc2c(c1)C(C)(C(F)(F)F)C(=O)N2C(=O)OC(C)(C)C. The fourth-order valence-corrected chi connectivity index (χ4v) is 2.36. The van der Waals surface area contributed by atoms with Crippen LogP contribution in [0.3, 0.4) is 0 Å². The molecule has 1 aromatic carbocycles. The van der Waals surface area contributed by atoms with Crippen molar-refractivity contribution in [2.24, 2.45) is 0 Å². The van der Waals surface area contributed by atoms with E-state index in [4.69, 9.17) is 12.6 Å². The Balaban J connectivity index is 2.62. The monoisotopic (exact) mass is 325 g/mol. The van der Waals surface area contributed by atoms with Gasteiger partial charge in [0, 0.05) is 5.56 Å². The molecule has 0 bridgehead atoms. The summed E-state index contributed by atoms with van der Waals surface area (Å²) in [7, 11) is 5.55. The zero-order chi connectivity index (χ0) is 17.8. The van der Waals surface area contributed by atoms with Crippen molar-refractivity contribution >= 4 is 31.0 Å². The molecule has 1 aliphatic heterocycles. The molecular formula is C15H15BF3NO3. The van der Waals surface area contributed by atoms with E-state index in [1.807, 2.05) is 0 Å². The fraction of sp³-hybridized carbons (Fsp3) is 0.467. The number of rotatable bonds is 0. The van der Waals surface area contributed by atoms with Crippen molar-refractivity contribution in [3.63, 3.8) is 0 Å². The van der Waals surface area contributed by atoms with Crippen LogP contribution in [0.15, 0.2) is 18.2 Å². The lowest BCUT2D eigenvalue weighted by Crippen LogP contribution is -2.50. The van der Waals surface area contributed by atoms with Gasteiger partial charge in [-0.05, 0) is 33.8 Å². The van der Waals surface area contributed by atoms with Gasteiger partial charge in [-0.3, -0.25) is 4.79 Å². The number of hydrogen-bond donors (Lipinski definition) is 0. The molecule has 0 spiro atoms. The zero-order valence-corrected chi connectivity index (χ0v) is 13.1. The second-order valence-corrected chi connectivity index (χ2v) is 6.52. The number of imide groups is 1. The third-order valence-corrected chi connectivity index (χ3v) is 3.57. The quantitative estimate of drug-likeness (QED) is 0.689. The van der Waals surface area contributed by atoms with Crippen molar-refractivity contribution in [1.29, 1.82) is 0 Å². The molecule has 0 saturated carbocycles. The normalized spacial score (nSPS) is 21.3. The minimum atomic E-state index is -4.89. The standard InChI is InChI=1S/C15H15BF3NO3/c1-13(2,3)23-12(22)20-10-6-5-8(16)7-9(10)14(4,11(20)21)15(17,18)19/h5-7H,1-4H3. The first-order chi connectivity index (χ1) is 10.3. The maximum absolute atomic E-state index is 13.5. The van der Waals surface area contributed by atoms with Crippen molar-refractivity contribution in [3.8, 4) is 0 Å². The lowest BCUT2D eigenvalue weighted by atomic mass is 9.80. The van der Waals surface area contributed by atoms with Gasteiger partial charge in [0.25, 0.3) is 5.91 Å². The Morgan fingerprint density at radius 3 is 2.30 bits per heavy atom. The molecule has 2 amide bonds. The van der Waals surface area contributed by atoms with Crippen LogP contribution in [0.5, 0.6) is 0 Å². The highest BCUT2D eigenvalue weighted by Gasteiger charge is 2.65. The summed E-state index contributed by atoms with van der Waals surface area (Å²) in [6.45, 7) is 5.40. The van der Waals surface area contributed by atoms with Crippen molar-refractivity contribution in [1.82, 2.24) is 0 Å². The van der Waals surface area contributed by atoms with Crippen LogP contribution in [-0.2, 0) is 14.9 Å². The maximum Gasteiger partial charge on any atom is 0.421 e. The number of alkyl halides is 3. The Kier molecular flexibility index (Phi) is 3.78. The van der Waals surface area contributed by atoms with E-state index in [0.717, 1.165) is 13.0 Å². The van der Waals surface area contributed by atoms with E-state index < -0.39 is 29.2 Å². The lowest BCUT2D eigenvalue weighted by Gasteiger charge is -2.27. The molecular weight excluding hydrogens is 310 g/mol. The van der Waals surface area contributed by atoms with Crippen LogP contribution < -0.4 is 10.4 Å². The second kappa shape index (κ2) is 5.01. The summed E-state index contributed by atoms with van der Waals surface area (Å²) in [5.74, 6) is -1.40. The number of benzene rings is 1. The molecule has 0 aromatic heterocycles. The van der Waals surface area contributed by atoms with Gasteiger partial charge in [-0.25, -0.2) is 9.69 Å². The van der Waals surface area contributed by atoms with Gasteiger partial charge in [-0.15, -0.1) is 0 Å². The van der Waals surface area contributed by atoms with Crippen LogP contribution in [0.1, 0.15) is 33.3 Å². The third kappa shape index (κ3) is 2.70. The van der Waals surface area contributed by atoms with Gasteiger partial charge in [0.1, 0.15) is 13.4 Å². The largest absolute Gasteiger partial charge is 0.443 e. The van der Waals surface area contributed by atoms with Gasteiger partial charge >= 0.3 is 12.3 Å². The van der Waals surface area contributed by atoms with Gasteiger partial charge in [0.2, 0.25) is 0 Å². The van der Waals surface area contributed by atoms with Crippen molar-refractivity contribution < 1.29 is 27.5 Å². The van der Waals surface area contributed by atoms with Gasteiger partial charge in [-0.1, -0.05) is 17.6 Å². The minimum Gasteiger partial charge on any atom is -0.443 e. The van der Waals surface area contributed by atoms with E-state index in [-0.39, 0.29) is 16.7 Å². The molecule has 23 heavy (non-hydrogen) atoms. The van der Waals surface area contributed by atoms with E-state index in [1.54, 1.807) is 20.8 Å². The predicted octanol–water partition coefficient (Wildman–Crippen LogP) is 2.58. The van der Waals surface area contributed by atoms with Crippen LogP contribution in [0.25, 0.3) is 0 Å². The van der Waals surface area contributed by atoms with Crippen LogP contribution in [0, 0.1) is 0 Å². The van der Waals surface area contributed by atoms with E-state index in [1.165, 1.54) is 12.1 Å². The number of ether oxygens (including phenoxy) is 1. The van der Waals surface area contributed by atoms with E-state index >= 15 is 0 Å². The highest BCUT2D eigenvalue weighted by molar-refractivity contribution is 6.33. The Morgan fingerprint density at radius 2 is 1.83 bits per heavy atom. The number of fused-ring (bicyclic) bond motifs is 1. The summed E-state index contributed by atoms with van der Waals surface area (Å²) in [6, 6.07) is 3.60. The average molecular weight is 325 g/mol. The van der Waals surface area contributed by atoms with Crippen LogP contribution in [0.2, 0.25) is 0 Å². The lowest BCUT2D eigenvalue weighted by molar-refractivity contribution is -0.187. The summed E-state index contributed by atoms with van der Waals surface area (Å²) >= 11 is 0. The Morgan fingerprint density at radius 1 is 1.26 bits per heavy atom. The molecule has 1 aliphatic rings. The van der Waals surface area contributed by atoms with Gasteiger partial charge in [-0.2, -0.15) is 13.2 Å². The number of nitrogens with zero attached hydrogens (tertiary/aromatic N) is 1. The zero-order valence-electron chi connectivity index (χ0n) is 13.1. The number of carbonyl (C=O) groups excluding carboxylic acids is 2. The maximum atomic E-state index is 13.5. The van der Waals surface area contributed by atoms with E-state index in [9.17, 15) is 22.8 Å². The number of anilines is 1. The molecule has 0 N–H and O–H groups in total. The van der Waals surface area contributed by atoms with Crippen LogP contribution in [0.4, 0.5) is 23.7 Å². The molecule has 1 atom stereocenters. The molecule has 1 unspecified atom stereocenters. The summed E-state index contributed by atoms with van der Waals surface area (Å²) in [4.78, 5) is 25.1. The molecule has 1 aromatic rings. The molecule has 8 heteroatoms. The molecule has 0 saturated heterocycles. The van der Waals surface area contributed by atoms with Gasteiger partial charge in [0.05, 0.1) is 5.69 Å². The molecule has 122 valence electrons. The second-order valence-electron chi connectivity index (χ2n) is 6.52. The average Bonchev–Trinajstić information content (AvgIpc) is 2.57. The van der Waals surface area contributed by atoms with Crippen LogP contribution >= 0.6 is 0 Å². The summed E-state index contributed by atoms with van der Waals surface area (Å²) in [6.07, 6.45) is -6.04. The number of carbonyl (C=O) groups is 2. The molecule has 4 nitrogen and oxygen atoms in total. The highest BCUT2D eigenvalue weighted by Crippen LogP contribution is 2.50. The Bertz CT molecular complexity index is 682. The predicted molar refractivity (Wildman–Crippen MR) is 79.0 cm³/mol. The Hall–Kier alpha value is -1.99. The van der Waals surface area contributed by atoms with E-state index in [0.29, 0.717) is 4.90 Å². The first-order valence-corrected chi connectivity index (χ1v) is 6.83. The summed E-state index contributed by atoms with van der Waals surface area (Å²) < 4.78 is 45.7. The van der Waals surface area contributed by atoms with Crippen molar-refractivity contribution in [2.75, 3.05) is 4.90 Å². The molecule has 0 aliphatic carbocycles. The topological polar surface area (TPSA) is 46.6 Å². The smallest absolute Gasteiger partial charge is 0.421 e. The highest BCUT2D eigenvalue weighted by atomic mass is 19.4. The molecule has 2 radical (unpaired) electrons. The van der Waals surface area contributed by atoms with Crippen molar-refractivity contribution in [2.45, 2.75) is 44.9 Å². The molecule has 2 rings (SSSR count). The summed E-state index contributed by atoms with van der Waals surface area (Å²) in [5, 5.41) is 0. The van der Waals surface area contributed by atoms with Crippen molar-refractivity contribution in [3.05, 3.63) is 23.8 Å². The number of halogens is 3. The van der Waals surface area contributed by atoms with Gasteiger partial charge < -0.3 is 4.74 Å². The van der Waals surface area contributed by atoms with Crippen LogP contribution in [-0.4, -0.2) is 31.6 Å². The van der Waals surface area contributed by atoms with E-state index in [2.05, 4.69) is 0 Å². The minimum absolute atomic E-state index is 0.0677. The first kappa shape index (κ1) is 17.4. The van der Waals surface area contributed by atoms with Gasteiger partial charge in [0.15, 0.2) is 5.41 Å². The number of amides is 2. The third-order valence-electron chi connectivity index (χ3n) is 3.57. The molecule has 0 fully saturated rings. The Labute approximate surface area is 133 Å². The summed E-state index contributed by atoms with van der Waals surface area (Å²) in [5.41, 5.74) is -4.27. The first-order valence-electron chi connectivity index (χ1n) is 6.83. The molecule has 1 heterocycles. The fourth-order valence-electron chi connectivity index (χ4n) is 2.36. The number of hydrogen-bond acceptors (Lipinski definition) is 3.